The Labute approximate surface area is 83.5 Å². The summed E-state index contributed by atoms with van der Waals surface area (Å²) in [5, 5.41) is 8.65. The van der Waals surface area contributed by atoms with Gasteiger partial charge in [0.15, 0.2) is 0 Å². The van der Waals surface area contributed by atoms with E-state index < -0.39 is 0 Å². The van der Waals surface area contributed by atoms with Gasteiger partial charge in [0.2, 0.25) is 0 Å². The molecule has 0 radical (unpaired) electrons. The van der Waals surface area contributed by atoms with E-state index in [2.05, 4.69) is 20.8 Å². The second kappa shape index (κ2) is 8.55. The maximum atomic E-state index is 8.65. The number of hydrogen-bond acceptors (Lipinski definition) is 1. The van der Waals surface area contributed by atoms with Crippen LogP contribution >= 0.6 is 0 Å². The molecule has 1 N–H and O–H groups in total. The lowest BCUT2D eigenvalue weighted by molar-refractivity contribution is 0.274. The van der Waals surface area contributed by atoms with E-state index >= 15 is 0 Å². The Morgan fingerprint density at radius 2 is 1.62 bits per heavy atom. The molecule has 0 saturated carbocycles. The Morgan fingerprint density at radius 1 is 1.00 bits per heavy atom. The molecule has 0 aliphatic heterocycles. The van der Waals surface area contributed by atoms with Gasteiger partial charge in [-0.05, 0) is 24.7 Å². The minimum absolute atomic E-state index is 0.358. The van der Waals surface area contributed by atoms with E-state index in [0.29, 0.717) is 6.61 Å². The van der Waals surface area contributed by atoms with Gasteiger partial charge >= 0.3 is 0 Å². The topological polar surface area (TPSA) is 20.2 Å². The highest BCUT2D eigenvalue weighted by Gasteiger charge is 2.07. The number of aliphatic hydroxyl groups excluding tert-OH is 1. The van der Waals surface area contributed by atoms with Gasteiger partial charge < -0.3 is 5.11 Å². The lowest BCUT2D eigenvalue weighted by atomic mass is 9.90. The van der Waals surface area contributed by atoms with Crippen molar-refractivity contribution < 1.29 is 5.11 Å². The van der Waals surface area contributed by atoms with Crippen molar-refractivity contribution in [2.75, 3.05) is 6.61 Å². The first kappa shape index (κ1) is 13.0. The zero-order valence-electron chi connectivity index (χ0n) is 9.55. The molecule has 2 unspecified atom stereocenters. The van der Waals surface area contributed by atoms with Gasteiger partial charge in [0.25, 0.3) is 0 Å². The van der Waals surface area contributed by atoms with Crippen LogP contribution in [0.5, 0.6) is 0 Å². The van der Waals surface area contributed by atoms with Crippen LogP contribution in [0.1, 0.15) is 59.3 Å². The molecule has 0 bridgehead atoms. The van der Waals surface area contributed by atoms with Crippen molar-refractivity contribution in [1.82, 2.24) is 0 Å². The Morgan fingerprint density at radius 3 is 2.15 bits per heavy atom. The Balaban J connectivity index is 3.32. The molecule has 0 aliphatic carbocycles. The molecular weight excluding hydrogens is 160 g/mol. The average Bonchev–Trinajstić information content (AvgIpc) is 2.05. The molecule has 2 atom stereocenters. The lowest BCUT2D eigenvalue weighted by Gasteiger charge is -2.16. The molecule has 1 heteroatoms. The van der Waals surface area contributed by atoms with Crippen LogP contribution in [-0.4, -0.2) is 11.7 Å². The smallest absolute Gasteiger partial charge is 0.0431 e. The van der Waals surface area contributed by atoms with Gasteiger partial charge in [0.1, 0.15) is 0 Å². The monoisotopic (exact) mass is 186 g/mol. The molecule has 0 aromatic rings. The van der Waals surface area contributed by atoms with E-state index in [0.717, 1.165) is 18.3 Å². The van der Waals surface area contributed by atoms with E-state index in [1.54, 1.807) is 0 Å². The molecule has 0 heterocycles. The predicted octanol–water partition coefficient (Wildman–Crippen LogP) is 3.61. The van der Waals surface area contributed by atoms with Crippen molar-refractivity contribution in [3.8, 4) is 0 Å². The summed E-state index contributed by atoms with van der Waals surface area (Å²) in [6.45, 7) is 7.31. The molecular formula is C12H26O. The SMILES string of the molecule is CCCC(C)CC(C)CCCCO. The fraction of sp³-hybridized carbons (Fsp3) is 1.00. The van der Waals surface area contributed by atoms with Crippen LogP contribution in [0, 0.1) is 11.8 Å². The van der Waals surface area contributed by atoms with Crippen LogP contribution in [0.3, 0.4) is 0 Å². The molecule has 0 amide bonds. The second-order valence-corrected chi connectivity index (χ2v) is 4.45. The quantitative estimate of drug-likeness (QED) is 0.574. The maximum Gasteiger partial charge on any atom is 0.0431 e. The Bertz CT molecular complexity index is 101. The van der Waals surface area contributed by atoms with Gasteiger partial charge in [-0.2, -0.15) is 0 Å². The Kier molecular flexibility index (Phi) is 8.53. The molecule has 80 valence electrons. The van der Waals surface area contributed by atoms with Crippen molar-refractivity contribution in [1.29, 1.82) is 0 Å². The van der Waals surface area contributed by atoms with E-state index in [-0.39, 0.29) is 0 Å². The minimum atomic E-state index is 0.358. The van der Waals surface area contributed by atoms with Crippen molar-refractivity contribution in [2.24, 2.45) is 11.8 Å². The highest BCUT2D eigenvalue weighted by molar-refractivity contribution is 4.59. The van der Waals surface area contributed by atoms with Crippen LogP contribution in [0.4, 0.5) is 0 Å². The fourth-order valence-corrected chi connectivity index (χ4v) is 2.02. The van der Waals surface area contributed by atoms with E-state index in [9.17, 15) is 0 Å². The van der Waals surface area contributed by atoms with Crippen molar-refractivity contribution in [3.63, 3.8) is 0 Å². The molecule has 0 saturated heterocycles. The first-order valence-electron chi connectivity index (χ1n) is 5.81. The maximum absolute atomic E-state index is 8.65. The summed E-state index contributed by atoms with van der Waals surface area (Å²) >= 11 is 0. The van der Waals surface area contributed by atoms with Crippen molar-refractivity contribution >= 4 is 0 Å². The van der Waals surface area contributed by atoms with Gasteiger partial charge in [-0.15, -0.1) is 0 Å². The largest absolute Gasteiger partial charge is 0.396 e. The summed E-state index contributed by atoms with van der Waals surface area (Å²) < 4.78 is 0. The number of unbranched alkanes of at least 4 members (excludes halogenated alkanes) is 1. The standard InChI is InChI=1S/C12H26O/c1-4-7-11(2)10-12(3)8-5-6-9-13/h11-13H,4-10H2,1-3H3. The highest BCUT2D eigenvalue weighted by Crippen LogP contribution is 2.20. The van der Waals surface area contributed by atoms with Gasteiger partial charge in [-0.1, -0.05) is 46.5 Å². The van der Waals surface area contributed by atoms with E-state index in [1.807, 2.05) is 0 Å². The summed E-state index contributed by atoms with van der Waals surface area (Å²) in [5.41, 5.74) is 0. The summed E-state index contributed by atoms with van der Waals surface area (Å²) in [7, 11) is 0. The van der Waals surface area contributed by atoms with E-state index in [4.69, 9.17) is 5.11 Å². The normalized spacial score (nSPS) is 15.7. The third-order valence-electron chi connectivity index (χ3n) is 2.69. The number of hydrogen-bond donors (Lipinski definition) is 1. The molecule has 0 fully saturated rings. The summed E-state index contributed by atoms with van der Waals surface area (Å²) in [6.07, 6.45) is 7.49. The summed E-state index contributed by atoms with van der Waals surface area (Å²) in [5.74, 6) is 1.72. The van der Waals surface area contributed by atoms with Crippen molar-refractivity contribution in [3.05, 3.63) is 0 Å². The fourth-order valence-electron chi connectivity index (χ4n) is 2.02. The van der Waals surface area contributed by atoms with Crippen LogP contribution in [0.2, 0.25) is 0 Å². The highest BCUT2D eigenvalue weighted by atomic mass is 16.2. The van der Waals surface area contributed by atoms with Crippen molar-refractivity contribution in [2.45, 2.75) is 59.3 Å². The van der Waals surface area contributed by atoms with Gasteiger partial charge in [-0.25, -0.2) is 0 Å². The first-order valence-corrected chi connectivity index (χ1v) is 5.81. The molecule has 0 rings (SSSR count). The second-order valence-electron chi connectivity index (χ2n) is 4.45. The number of rotatable bonds is 8. The van der Waals surface area contributed by atoms with Gasteiger partial charge in [-0.3, -0.25) is 0 Å². The van der Waals surface area contributed by atoms with E-state index in [1.165, 1.54) is 32.1 Å². The average molecular weight is 186 g/mol. The molecule has 1 nitrogen and oxygen atoms in total. The Hall–Kier alpha value is -0.0400. The minimum Gasteiger partial charge on any atom is -0.396 e. The van der Waals surface area contributed by atoms with Gasteiger partial charge in [0, 0.05) is 6.61 Å². The third kappa shape index (κ3) is 8.29. The third-order valence-corrected chi connectivity index (χ3v) is 2.69. The van der Waals surface area contributed by atoms with Crippen LogP contribution < -0.4 is 0 Å². The van der Waals surface area contributed by atoms with Crippen LogP contribution in [0.25, 0.3) is 0 Å². The summed E-state index contributed by atoms with van der Waals surface area (Å²) in [4.78, 5) is 0. The first-order chi connectivity index (χ1) is 6.20. The summed E-state index contributed by atoms with van der Waals surface area (Å²) in [6, 6.07) is 0. The lowest BCUT2D eigenvalue weighted by Crippen LogP contribution is -2.03. The zero-order chi connectivity index (χ0) is 10.1. The molecule has 0 aromatic heterocycles. The molecule has 0 aliphatic rings. The van der Waals surface area contributed by atoms with Crippen LogP contribution in [0.15, 0.2) is 0 Å². The zero-order valence-corrected chi connectivity index (χ0v) is 9.55. The molecule has 0 spiro atoms. The molecule has 0 aromatic carbocycles. The predicted molar refractivity (Wildman–Crippen MR) is 58.8 cm³/mol. The van der Waals surface area contributed by atoms with Gasteiger partial charge in [0.05, 0.1) is 0 Å². The molecule has 13 heavy (non-hydrogen) atoms. The number of aliphatic hydroxyl groups is 1. The van der Waals surface area contributed by atoms with Crippen LogP contribution in [-0.2, 0) is 0 Å².